The fraction of sp³-hybridized carbons (Fsp3) is 0.167. The average molecular weight is 386 g/mol. The Morgan fingerprint density at radius 3 is 2.85 bits per heavy atom. The number of nitriles is 1. The highest BCUT2D eigenvalue weighted by molar-refractivity contribution is 7.84. The maximum absolute atomic E-state index is 11.8. The second-order valence-electron chi connectivity index (χ2n) is 5.59. The molecular formula is C18H19N5OS2. The molecule has 0 spiro atoms. The molecule has 1 amide bonds. The fourth-order valence-electron chi connectivity index (χ4n) is 2.27. The lowest BCUT2D eigenvalue weighted by molar-refractivity contribution is -0.118. The molecule has 1 atom stereocenters. The van der Waals surface area contributed by atoms with Crippen LogP contribution in [-0.4, -0.2) is 17.7 Å². The normalized spacial score (nSPS) is 12.1. The van der Waals surface area contributed by atoms with Crippen molar-refractivity contribution in [1.82, 2.24) is 0 Å². The Morgan fingerprint density at radius 2 is 2.27 bits per heavy atom. The van der Waals surface area contributed by atoms with E-state index in [-0.39, 0.29) is 0 Å². The van der Waals surface area contributed by atoms with Crippen molar-refractivity contribution in [2.75, 3.05) is 10.6 Å². The molecule has 0 fully saturated rings. The molecule has 6 nitrogen and oxygen atoms in total. The first-order valence-electron chi connectivity index (χ1n) is 7.74. The molecule has 0 unspecified atom stereocenters. The van der Waals surface area contributed by atoms with Gasteiger partial charge in [0.05, 0.1) is 16.3 Å². The zero-order chi connectivity index (χ0) is 19.1. The molecular weight excluding hydrogens is 366 g/mol. The summed E-state index contributed by atoms with van der Waals surface area (Å²) < 4.78 is 0. The van der Waals surface area contributed by atoms with E-state index in [1.54, 1.807) is 36.5 Å². The van der Waals surface area contributed by atoms with Crippen molar-refractivity contribution in [3.8, 4) is 6.07 Å². The minimum absolute atomic E-state index is 0.333. The molecule has 8 heteroatoms. The molecule has 0 bridgehead atoms. The number of thiol groups is 1. The van der Waals surface area contributed by atoms with Crippen LogP contribution in [0.1, 0.15) is 17.4 Å². The van der Waals surface area contributed by atoms with Crippen molar-refractivity contribution >= 4 is 47.0 Å². The molecule has 2 rings (SSSR count). The third-order valence-corrected chi connectivity index (χ3v) is 4.57. The number of allylic oxidation sites excluding steroid dienone is 1. The molecule has 1 aromatic carbocycles. The zero-order valence-electron chi connectivity index (χ0n) is 14.1. The van der Waals surface area contributed by atoms with Crippen molar-refractivity contribution in [2.24, 2.45) is 5.73 Å². The van der Waals surface area contributed by atoms with Crippen LogP contribution < -0.4 is 16.4 Å². The van der Waals surface area contributed by atoms with Crippen LogP contribution in [0.15, 0.2) is 46.8 Å². The summed E-state index contributed by atoms with van der Waals surface area (Å²) in [5, 5.41) is 25.2. The van der Waals surface area contributed by atoms with Gasteiger partial charge in [0.1, 0.15) is 12.1 Å². The Labute approximate surface area is 161 Å². The van der Waals surface area contributed by atoms with Gasteiger partial charge in [0, 0.05) is 22.7 Å². The number of nitrogens with one attached hydrogen (secondary N) is 3. The molecule has 0 aliphatic heterocycles. The standard InChI is InChI=1S/C18H19N5OS2/c1-11(20)7-17(25)23-15-8-13(5-4-12(15)10-19)22-16(18(21)24)9-14-3-2-6-26-14/h2-8,16,20,22-23,25H,9H2,1H3,(H2,21,24)/b17-7-,20-11?/t16-/m1/s1. The van der Waals surface area contributed by atoms with Crippen LogP contribution in [-0.2, 0) is 11.2 Å². The Bertz CT molecular complexity index is 868. The molecule has 0 aliphatic rings. The van der Waals surface area contributed by atoms with E-state index in [0.29, 0.717) is 34.1 Å². The largest absolute Gasteiger partial charge is 0.373 e. The minimum Gasteiger partial charge on any atom is -0.373 e. The highest BCUT2D eigenvalue weighted by Gasteiger charge is 2.17. The molecule has 0 saturated carbocycles. The first kappa shape index (κ1) is 19.6. The molecule has 0 aliphatic carbocycles. The molecule has 2 aromatic rings. The highest BCUT2D eigenvalue weighted by atomic mass is 32.1. The van der Waals surface area contributed by atoms with Crippen LogP contribution in [0, 0.1) is 16.7 Å². The molecule has 5 N–H and O–H groups in total. The summed E-state index contributed by atoms with van der Waals surface area (Å²) in [5.74, 6) is -0.452. The van der Waals surface area contributed by atoms with E-state index >= 15 is 0 Å². The van der Waals surface area contributed by atoms with Gasteiger partial charge in [-0.15, -0.1) is 24.0 Å². The second-order valence-corrected chi connectivity index (χ2v) is 7.11. The Balaban J connectivity index is 2.23. The van der Waals surface area contributed by atoms with Gasteiger partial charge in [-0.05, 0) is 42.6 Å². The number of primary amides is 1. The van der Waals surface area contributed by atoms with Crippen LogP contribution >= 0.6 is 24.0 Å². The number of nitrogens with two attached hydrogens (primary N) is 1. The van der Waals surface area contributed by atoms with Gasteiger partial charge in [0.15, 0.2) is 0 Å². The van der Waals surface area contributed by atoms with Gasteiger partial charge in [-0.2, -0.15) is 5.26 Å². The number of hydrogen-bond donors (Lipinski definition) is 5. The number of anilines is 2. The lowest BCUT2D eigenvalue weighted by atomic mass is 10.1. The summed E-state index contributed by atoms with van der Waals surface area (Å²) in [6.45, 7) is 1.63. The monoisotopic (exact) mass is 385 g/mol. The SMILES string of the molecule is CC(=N)/C=C(\S)Nc1cc(N[C@H](Cc2cccs2)C(N)=O)ccc1C#N. The number of amides is 1. The van der Waals surface area contributed by atoms with Gasteiger partial charge in [-0.1, -0.05) is 6.07 Å². The van der Waals surface area contributed by atoms with Crippen LogP contribution in [0.2, 0.25) is 0 Å². The van der Waals surface area contributed by atoms with Gasteiger partial charge in [0.25, 0.3) is 0 Å². The number of hydrogen-bond acceptors (Lipinski definition) is 7. The number of thiophene rings is 1. The molecule has 134 valence electrons. The van der Waals surface area contributed by atoms with Crippen LogP contribution in [0.4, 0.5) is 11.4 Å². The maximum Gasteiger partial charge on any atom is 0.240 e. The van der Waals surface area contributed by atoms with E-state index < -0.39 is 11.9 Å². The van der Waals surface area contributed by atoms with Crippen molar-refractivity contribution in [1.29, 1.82) is 10.7 Å². The summed E-state index contributed by atoms with van der Waals surface area (Å²) in [6.07, 6.45) is 2.02. The van der Waals surface area contributed by atoms with Crippen molar-refractivity contribution < 1.29 is 4.79 Å². The molecule has 1 aromatic heterocycles. The van der Waals surface area contributed by atoms with Gasteiger partial charge in [-0.25, -0.2) is 0 Å². The van der Waals surface area contributed by atoms with Gasteiger partial charge < -0.3 is 21.8 Å². The smallest absolute Gasteiger partial charge is 0.240 e. The Morgan fingerprint density at radius 1 is 1.50 bits per heavy atom. The average Bonchev–Trinajstić information content (AvgIpc) is 3.06. The third kappa shape index (κ3) is 5.65. The highest BCUT2D eigenvalue weighted by Crippen LogP contribution is 2.24. The first-order valence-corrected chi connectivity index (χ1v) is 9.07. The maximum atomic E-state index is 11.8. The zero-order valence-corrected chi connectivity index (χ0v) is 15.8. The fourth-order valence-corrected chi connectivity index (χ4v) is 3.33. The molecule has 0 saturated heterocycles. The van der Waals surface area contributed by atoms with Crippen molar-refractivity contribution in [3.63, 3.8) is 0 Å². The summed E-state index contributed by atoms with van der Waals surface area (Å²) in [6, 6.07) is 10.5. The topological polar surface area (TPSA) is 115 Å². The Hall–Kier alpha value is -2.76. The summed E-state index contributed by atoms with van der Waals surface area (Å²) in [7, 11) is 0. The number of nitrogens with zero attached hydrogens (tertiary/aromatic N) is 1. The number of rotatable bonds is 8. The lowest BCUT2D eigenvalue weighted by Gasteiger charge is -2.17. The van der Waals surface area contributed by atoms with E-state index in [1.165, 1.54) is 6.08 Å². The predicted octanol–water partition coefficient (Wildman–Crippen LogP) is 3.35. The van der Waals surface area contributed by atoms with Crippen molar-refractivity contribution in [3.05, 3.63) is 57.3 Å². The molecule has 26 heavy (non-hydrogen) atoms. The number of benzene rings is 1. The van der Waals surface area contributed by atoms with Gasteiger partial charge in [0.2, 0.25) is 5.91 Å². The van der Waals surface area contributed by atoms with E-state index in [0.717, 1.165) is 4.88 Å². The van der Waals surface area contributed by atoms with Gasteiger partial charge >= 0.3 is 0 Å². The summed E-state index contributed by atoms with van der Waals surface area (Å²) in [5.41, 5.74) is 7.46. The minimum atomic E-state index is -0.565. The molecule has 1 heterocycles. The van der Waals surface area contributed by atoms with Gasteiger partial charge in [-0.3, -0.25) is 4.79 Å². The van der Waals surface area contributed by atoms with Crippen LogP contribution in [0.25, 0.3) is 0 Å². The third-order valence-electron chi connectivity index (χ3n) is 3.43. The van der Waals surface area contributed by atoms with Crippen LogP contribution in [0.5, 0.6) is 0 Å². The summed E-state index contributed by atoms with van der Waals surface area (Å²) >= 11 is 5.83. The van der Waals surface area contributed by atoms with E-state index in [9.17, 15) is 10.1 Å². The van der Waals surface area contributed by atoms with E-state index in [4.69, 9.17) is 11.1 Å². The van der Waals surface area contributed by atoms with Crippen LogP contribution in [0.3, 0.4) is 0 Å². The number of carbonyl (C=O) groups is 1. The summed E-state index contributed by atoms with van der Waals surface area (Å²) in [4.78, 5) is 12.8. The van der Waals surface area contributed by atoms with E-state index in [2.05, 4.69) is 29.3 Å². The number of carbonyl (C=O) groups excluding carboxylic acids is 1. The quantitative estimate of drug-likeness (QED) is 0.354. The first-order chi connectivity index (χ1) is 12.4. The lowest BCUT2D eigenvalue weighted by Crippen LogP contribution is -2.37. The van der Waals surface area contributed by atoms with Crippen molar-refractivity contribution in [2.45, 2.75) is 19.4 Å². The second kappa shape index (κ2) is 9.08. The predicted molar refractivity (Wildman–Crippen MR) is 110 cm³/mol. The van der Waals surface area contributed by atoms with E-state index in [1.807, 2.05) is 17.5 Å². The Kier molecular flexibility index (Phi) is 6.83. The molecule has 0 radical (unpaired) electrons.